The van der Waals surface area contributed by atoms with E-state index in [0.29, 0.717) is 18.5 Å². The Bertz CT molecular complexity index is 362. The standard InChI is InChI=1S/C12H25N3O2S/c1-10-8-12(9-10)14-18(16,17)15(2)7-3-6-13-11-4-5-11/h10-14H,3-9H2,1-2H3. The van der Waals surface area contributed by atoms with Gasteiger partial charge in [0.15, 0.2) is 0 Å². The van der Waals surface area contributed by atoms with Crippen LogP contribution in [0.4, 0.5) is 0 Å². The van der Waals surface area contributed by atoms with E-state index in [1.807, 2.05) is 0 Å². The smallest absolute Gasteiger partial charge is 0.279 e. The van der Waals surface area contributed by atoms with Gasteiger partial charge < -0.3 is 5.32 Å². The van der Waals surface area contributed by atoms with Crippen molar-refractivity contribution in [2.75, 3.05) is 20.1 Å². The van der Waals surface area contributed by atoms with E-state index >= 15 is 0 Å². The molecule has 0 spiro atoms. The maximum atomic E-state index is 12.0. The molecule has 6 heteroatoms. The number of hydrogen-bond acceptors (Lipinski definition) is 3. The van der Waals surface area contributed by atoms with Gasteiger partial charge in [-0.1, -0.05) is 6.92 Å². The van der Waals surface area contributed by atoms with Crippen LogP contribution in [0.5, 0.6) is 0 Å². The Morgan fingerprint density at radius 3 is 2.44 bits per heavy atom. The van der Waals surface area contributed by atoms with E-state index in [2.05, 4.69) is 17.0 Å². The molecule has 0 bridgehead atoms. The number of rotatable bonds is 8. The summed E-state index contributed by atoms with van der Waals surface area (Å²) in [7, 11) is -1.62. The second-order valence-electron chi connectivity index (χ2n) is 5.80. The van der Waals surface area contributed by atoms with Gasteiger partial charge in [0, 0.05) is 25.7 Å². The van der Waals surface area contributed by atoms with E-state index in [-0.39, 0.29) is 6.04 Å². The van der Waals surface area contributed by atoms with E-state index in [1.54, 1.807) is 7.05 Å². The summed E-state index contributed by atoms with van der Waals surface area (Å²) >= 11 is 0. The lowest BCUT2D eigenvalue weighted by molar-refractivity contribution is 0.265. The summed E-state index contributed by atoms with van der Waals surface area (Å²) in [5, 5.41) is 3.39. The SMILES string of the molecule is CC1CC(NS(=O)(=O)N(C)CCCNC2CC2)C1. The topological polar surface area (TPSA) is 61.4 Å². The van der Waals surface area contributed by atoms with Crippen LogP contribution in [0.25, 0.3) is 0 Å². The van der Waals surface area contributed by atoms with Crippen molar-refractivity contribution in [2.24, 2.45) is 5.92 Å². The van der Waals surface area contributed by atoms with E-state index in [4.69, 9.17) is 0 Å². The highest BCUT2D eigenvalue weighted by atomic mass is 32.2. The van der Waals surface area contributed by atoms with E-state index in [9.17, 15) is 8.42 Å². The maximum absolute atomic E-state index is 12.0. The molecular formula is C12H25N3O2S. The quantitative estimate of drug-likeness (QED) is 0.641. The second-order valence-corrected chi connectivity index (χ2v) is 7.61. The van der Waals surface area contributed by atoms with Gasteiger partial charge in [-0.15, -0.1) is 0 Å². The lowest BCUT2D eigenvalue weighted by Gasteiger charge is -2.34. The zero-order chi connectivity index (χ0) is 13.2. The van der Waals surface area contributed by atoms with Gasteiger partial charge in [0.05, 0.1) is 0 Å². The van der Waals surface area contributed by atoms with Crippen LogP contribution >= 0.6 is 0 Å². The number of nitrogens with zero attached hydrogens (tertiary/aromatic N) is 1. The van der Waals surface area contributed by atoms with Crippen LogP contribution in [0.1, 0.15) is 39.0 Å². The summed E-state index contributed by atoms with van der Waals surface area (Å²) in [6.07, 6.45) is 5.35. The van der Waals surface area contributed by atoms with Crippen molar-refractivity contribution in [1.82, 2.24) is 14.3 Å². The molecule has 0 unspecified atom stereocenters. The van der Waals surface area contributed by atoms with Gasteiger partial charge in [-0.05, 0) is 44.6 Å². The third-order valence-electron chi connectivity index (χ3n) is 3.76. The molecule has 2 N–H and O–H groups in total. The minimum absolute atomic E-state index is 0.150. The minimum Gasteiger partial charge on any atom is -0.314 e. The lowest BCUT2D eigenvalue weighted by atomic mass is 9.83. The largest absolute Gasteiger partial charge is 0.314 e. The molecule has 0 aliphatic heterocycles. The Morgan fingerprint density at radius 1 is 1.22 bits per heavy atom. The van der Waals surface area contributed by atoms with Crippen LogP contribution in [-0.2, 0) is 10.2 Å². The lowest BCUT2D eigenvalue weighted by Crippen LogP contribution is -2.49. The van der Waals surface area contributed by atoms with Gasteiger partial charge in [-0.25, -0.2) is 0 Å². The van der Waals surface area contributed by atoms with Crippen LogP contribution in [0.2, 0.25) is 0 Å². The zero-order valence-electron chi connectivity index (χ0n) is 11.4. The van der Waals surface area contributed by atoms with Crippen LogP contribution in [0, 0.1) is 5.92 Å². The van der Waals surface area contributed by atoms with Crippen LogP contribution in [0.15, 0.2) is 0 Å². The molecule has 106 valence electrons. The van der Waals surface area contributed by atoms with Gasteiger partial charge in [0.2, 0.25) is 0 Å². The van der Waals surface area contributed by atoms with Gasteiger partial charge in [0.1, 0.15) is 0 Å². The monoisotopic (exact) mass is 275 g/mol. The fourth-order valence-corrected chi connectivity index (χ4v) is 3.48. The molecule has 0 radical (unpaired) electrons. The van der Waals surface area contributed by atoms with Crippen LogP contribution < -0.4 is 10.0 Å². The fraction of sp³-hybridized carbons (Fsp3) is 1.00. The molecule has 2 aliphatic carbocycles. The molecule has 0 aromatic carbocycles. The summed E-state index contributed by atoms with van der Waals surface area (Å²) in [5.41, 5.74) is 0. The maximum Gasteiger partial charge on any atom is 0.279 e. The summed E-state index contributed by atoms with van der Waals surface area (Å²) < 4.78 is 28.1. The highest BCUT2D eigenvalue weighted by molar-refractivity contribution is 7.87. The molecular weight excluding hydrogens is 250 g/mol. The Balaban J connectivity index is 1.63. The fourth-order valence-electron chi connectivity index (χ4n) is 2.31. The third-order valence-corrected chi connectivity index (χ3v) is 5.39. The van der Waals surface area contributed by atoms with Crippen molar-refractivity contribution in [3.63, 3.8) is 0 Å². The van der Waals surface area contributed by atoms with Crippen LogP contribution in [0.3, 0.4) is 0 Å². The Labute approximate surface area is 110 Å². The summed E-state index contributed by atoms with van der Waals surface area (Å²) in [6.45, 7) is 3.64. The predicted octanol–water partition coefficient (Wildman–Crippen LogP) is 0.693. The molecule has 0 aromatic rings. The zero-order valence-corrected chi connectivity index (χ0v) is 12.2. The highest BCUT2D eigenvalue weighted by Crippen LogP contribution is 2.27. The summed E-state index contributed by atoms with van der Waals surface area (Å²) in [5.74, 6) is 0.658. The van der Waals surface area contributed by atoms with E-state index in [0.717, 1.165) is 25.8 Å². The average molecular weight is 275 g/mol. The van der Waals surface area contributed by atoms with Crippen molar-refractivity contribution in [3.8, 4) is 0 Å². The molecule has 0 saturated heterocycles. The number of hydrogen-bond donors (Lipinski definition) is 2. The molecule has 0 atom stereocenters. The summed E-state index contributed by atoms with van der Waals surface area (Å²) in [4.78, 5) is 0. The Kier molecular flexibility index (Phi) is 4.64. The predicted molar refractivity (Wildman–Crippen MR) is 72.5 cm³/mol. The van der Waals surface area contributed by atoms with Crippen molar-refractivity contribution >= 4 is 10.2 Å². The highest BCUT2D eigenvalue weighted by Gasteiger charge is 2.30. The molecule has 2 rings (SSSR count). The first-order valence-electron chi connectivity index (χ1n) is 6.94. The molecule has 2 fully saturated rings. The number of nitrogens with one attached hydrogen (secondary N) is 2. The Morgan fingerprint density at radius 2 is 1.89 bits per heavy atom. The van der Waals surface area contributed by atoms with Crippen molar-refractivity contribution in [3.05, 3.63) is 0 Å². The van der Waals surface area contributed by atoms with Gasteiger partial charge in [0.25, 0.3) is 10.2 Å². The van der Waals surface area contributed by atoms with Crippen molar-refractivity contribution in [2.45, 2.75) is 51.1 Å². The molecule has 0 heterocycles. The minimum atomic E-state index is -3.27. The third kappa shape index (κ3) is 4.19. The van der Waals surface area contributed by atoms with Crippen molar-refractivity contribution in [1.29, 1.82) is 0 Å². The summed E-state index contributed by atoms with van der Waals surface area (Å²) in [6, 6.07) is 0.846. The van der Waals surface area contributed by atoms with E-state index in [1.165, 1.54) is 17.1 Å². The normalized spacial score (nSPS) is 28.4. The molecule has 0 amide bonds. The second kappa shape index (κ2) is 5.86. The first-order valence-corrected chi connectivity index (χ1v) is 8.38. The molecule has 18 heavy (non-hydrogen) atoms. The van der Waals surface area contributed by atoms with Crippen LogP contribution in [-0.4, -0.2) is 44.9 Å². The molecule has 2 saturated carbocycles. The molecule has 5 nitrogen and oxygen atoms in total. The molecule has 2 aliphatic rings. The van der Waals surface area contributed by atoms with Gasteiger partial charge in [-0.2, -0.15) is 17.4 Å². The average Bonchev–Trinajstić information content (AvgIpc) is 3.05. The molecule has 0 aromatic heterocycles. The van der Waals surface area contributed by atoms with Gasteiger partial charge in [-0.3, -0.25) is 0 Å². The first kappa shape index (κ1) is 14.2. The van der Waals surface area contributed by atoms with E-state index < -0.39 is 10.2 Å². The Hall–Kier alpha value is -0.170. The van der Waals surface area contributed by atoms with Crippen molar-refractivity contribution < 1.29 is 8.42 Å². The van der Waals surface area contributed by atoms with Gasteiger partial charge >= 0.3 is 0 Å². The first-order chi connectivity index (χ1) is 8.47.